The van der Waals surface area contributed by atoms with E-state index >= 15 is 0 Å². The van der Waals surface area contributed by atoms with Crippen LogP contribution in [-0.2, 0) is 11.3 Å². The lowest BCUT2D eigenvalue weighted by Gasteiger charge is -2.06. The molecule has 1 aromatic carbocycles. The first kappa shape index (κ1) is 14.5. The molecular weight excluding hydrogens is 276 g/mol. The normalized spacial score (nSPS) is 10.1. The first-order chi connectivity index (χ1) is 10.1. The van der Waals surface area contributed by atoms with Crippen LogP contribution >= 0.6 is 0 Å². The van der Waals surface area contributed by atoms with Gasteiger partial charge in [0.15, 0.2) is 5.69 Å². The molecule has 2 aromatic rings. The van der Waals surface area contributed by atoms with Crippen molar-refractivity contribution in [2.75, 3.05) is 13.2 Å². The van der Waals surface area contributed by atoms with Crippen molar-refractivity contribution >= 4 is 11.9 Å². The summed E-state index contributed by atoms with van der Waals surface area (Å²) in [6, 6.07) is 9.23. The Labute approximate surface area is 120 Å². The standard InChI is InChI=1S/C13H14N4O4/c18-12(19)9-17-8-11(15-16-17)13(20)14-6-7-21-10-4-2-1-3-5-10/h1-5,8H,6-7,9H2,(H,14,20)(H,18,19). The number of para-hydroxylation sites is 1. The molecule has 8 nitrogen and oxygen atoms in total. The van der Waals surface area contributed by atoms with E-state index < -0.39 is 11.9 Å². The van der Waals surface area contributed by atoms with Gasteiger partial charge in [-0.3, -0.25) is 9.59 Å². The van der Waals surface area contributed by atoms with Crippen LogP contribution in [0.2, 0.25) is 0 Å². The van der Waals surface area contributed by atoms with Gasteiger partial charge in [0.1, 0.15) is 18.9 Å². The number of nitrogens with zero attached hydrogens (tertiary/aromatic N) is 3. The summed E-state index contributed by atoms with van der Waals surface area (Å²) < 4.78 is 6.50. The minimum absolute atomic E-state index is 0.0657. The number of aromatic nitrogens is 3. The highest BCUT2D eigenvalue weighted by atomic mass is 16.5. The molecule has 0 bridgehead atoms. The largest absolute Gasteiger partial charge is 0.492 e. The highest BCUT2D eigenvalue weighted by molar-refractivity contribution is 5.91. The van der Waals surface area contributed by atoms with E-state index in [9.17, 15) is 9.59 Å². The Kier molecular flexibility index (Phi) is 4.86. The fraction of sp³-hybridized carbons (Fsp3) is 0.231. The van der Waals surface area contributed by atoms with Crippen molar-refractivity contribution in [1.82, 2.24) is 20.3 Å². The molecule has 0 fully saturated rings. The van der Waals surface area contributed by atoms with Gasteiger partial charge in [0.25, 0.3) is 5.91 Å². The van der Waals surface area contributed by atoms with E-state index in [1.165, 1.54) is 6.20 Å². The third-order valence-corrected chi connectivity index (χ3v) is 2.47. The van der Waals surface area contributed by atoms with Crippen molar-refractivity contribution in [3.8, 4) is 5.75 Å². The summed E-state index contributed by atoms with van der Waals surface area (Å²) in [4.78, 5) is 22.2. The molecule has 8 heteroatoms. The van der Waals surface area contributed by atoms with Crippen molar-refractivity contribution in [2.24, 2.45) is 0 Å². The van der Waals surface area contributed by atoms with E-state index in [4.69, 9.17) is 9.84 Å². The van der Waals surface area contributed by atoms with Crippen LogP contribution in [0.15, 0.2) is 36.5 Å². The summed E-state index contributed by atoms with van der Waals surface area (Å²) in [6.07, 6.45) is 1.28. The average molecular weight is 290 g/mol. The van der Waals surface area contributed by atoms with E-state index in [-0.39, 0.29) is 12.2 Å². The smallest absolute Gasteiger partial charge is 0.325 e. The minimum Gasteiger partial charge on any atom is -0.492 e. The second kappa shape index (κ2) is 7.04. The number of hydrogen-bond donors (Lipinski definition) is 2. The third-order valence-electron chi connectivity index (χ3n) is 2.47. The quantitative estimate of drug-likeness (QED) is 0.704. The topological polar surface area (TPSA) is 106 Å². The van der Waals surface area contributed by atoms with Crippen LogP contribution in [0.3, 0.4) is 0 Å². The summed E-state index contributed by atoms with van der Waals surface area (Å²) in [5, 5.41) is 18.3. The Morgan fingerprint density at radius 1 is 1.29 bits per heavy atom. The Hall–Kier alpha value is -2.90. The number of benzene rings is 1. The summed E-state index contributed by atoms with van der Waals surface area (Å²) >= 11 is 0. The monoisotopic (exact) mass is 290 g/mol. The third kappa shape index (κ3) is 4.60. The SMILES string of the molecule is O=C(O)Cn1cc(C(=O)NCCOc2ccccc2)nn1. The van der Waals surface area contributed by atoms with Crippen LogP contribution in [0.25, 0.3) is 0 Å². The van der Waals surface area contributed by atoms with E-state index in [0.717, 1.165) is 10.4 Å². The van der Waals surface area contributed by atoms with Gasteiger partial charge in [0.2, 0.25) is 0 Å². The van der Waals surface area contributed by atoms with E-state index in [2.05, 4.69) is 15.6 Å². The molecule has 1 amide bonds. The predicted molar refractivity (Wildman–Crippen MR) is 71.9 cm³/mol. The number of carbonyl (C=O) groups excluding carboxylic acids is 1. The number of rotatable bonds is 7. The van der Waals surface area contributed by atoms with Gasteiger partial charge in [0, 0.05) is 0 Å². The molecule has 21 heavy (non-hydrogen) atoms. The number of aliphatic carboxylic acids is 1. The molecule has 2 N–H and O–H groups in total. The van der Waals surface area contributed by atoms with Gasteiger partial charge in [-0.1, -0.05) is 23.4 Å². The molecule has 0 aliphatic carbocycles. The van der Waals surface area contributed by atoms with Gasteiger partial charge in [-0.15, -0.1) is 5.10 Å². The maximum absolute atomic E-state index is 11.7. The van der Waals surface area contributed by atoms with Gasteiger partial charge in [-0.05, 0) is 12.1 Å². The molecule has 0 aliphatic heterocycles. The number of nitrogens with one attached hydrogen (secondary N) is 1. The van der Waals surface area contributed by atoms with Crippen molar-refractivity contribution in [1.29, 1.82) is 0 Å². The first-order valence-corrected chi connectivity index (χ1v) is 6.23. The zero-order chi connectivity index (χ0) is 15.1. The zero-order valence-electron chi connectivity index (χ0n) is 11.1. The number of carboxylic acids is 1. The molecule has 0 aliphatic rings. The van der Waals surface area contributed by atoms with E-state index in [1.807, 2.05) is 30.3 Å². The molecule has 0 saturated heterocycles. The van der Waals surface area contributed by atoms with Crippen LogP contribution in [0.5, 0.6) is 5.75 Å². The number of carboxylic acid groups (broad SMARTS) is 1. The Morgan fingerprint density at radius 2 is 2.05 bits per heavy atom. The molecule has 0 saturated carbocycles. The number of amides is 1. The lowest BCUT2D eigenvalue weighted by Crippen LogP contribution is -2.28. The first-order valence-electron chi connectivity index (χ1n) is 6.23. The van der Waals surface area contributed by atoms with Gasteiger partial charge in [0.05, 0.1) is 12.7 Å². The van der Waals surface area contributed by atoms with Crippen LogP contribution in [0, 0.1) is 0 Å². The maximum atomic E-state index is 11.7. The summed E-state index contributed by atoms with van der Waals surface area (Å²) in [5.74, 6) is -0.759. The van der Waals surface area contributed by atoms with E-state index in [1.54, 1.807) is 0 Å². The second-order valence-electron chi connectivity index (χ2n) is 4.11. The molecule has 0 radical (unpaired) electrons. The molecule has 0 spiro atoms. The zero-order valence-corrected chi connectivity index (χ0v) is 11.1. The van der Waals surface area contributed by atoms with Crippen molar-refractivity contribution in [3.63, 3.8) is 0 Å². The fourth-order valence-corrected chi connectivity index (χ4v) is 1.56. The molecule has 0 unspecified atom stereocenters. The number of carbonyl (C=O) groups is 2. The molecule has 2 rings (SSSR count). The molecular formula is C13H14N4O4. The number of hydrogen-bond acceptors (Lipinski definition) is 5. The van der Waals surface area contributed by atoms with E-state index in [0.29, 0.717) is 13.2 Å². The Balaban J connectivity index is 1.74. The fourth-order valence-electron chi connectivity index (χ4n) is 1.56. The molecule has 0 atom stereocenters. The predicted octanol–water partition coefficient (Wildman–Crippen LogP) is 0.171. The van der Waals surface area contributed by atoms with Crippen molar-refractivity contribution in [3.05, 3.63) is 42.2 Å². The van der Waals surface area contributed by atoms with Crippen molar-refractivity contribution < 1.29 is 19.4 Å². The maximum Gasteiger partial charge on any atom is 0.325 e. The molecule has 1 aromatic heterocycles. The van der Waals surface area contributed by atoms with Crippen LogP contribution in [0.4, 0.5) is 0 Å². The van der Waals surface area contributed by atoms with Crippen LogP contribution in [-0.4, -0.2) is 45.1 Å². The van der Waals surface area contributed by atoms with Crippen LogP contribution < -0.4 is 10.1 Å². The average Bonchev–Trinajstić information content (AvgIpc) is 2.92. The van der Waals surface area contributed by atoms with Gasteiger partial charge in [-0.25, -0.2) is 4.68 Å². The van der Waals surface area contributed by atoms with Crippen molar-refractivity contribution in [2.45, 2.75) is 6.54 Å². The Bertz CT molecular complexity index is 612. The van der Waals surface area contributed by atoms with Crippen LogP contribution in [0.1, 0.15) is 10.5 Å². The second-order valence-corrected chi connectivity index (χ2v) is 4.11. The van der Waals surface area contributed by atoms with Gasteiger partial charge >= 0.3 is 5.97 Å². The lowest BCUT2D eigenvalue weighted by molar-refractivity contribution is -0.137. The highest BCUT2D eigenvalue weighted by Crippen LogP contribution is 2.07. The molecule has 110 valence electrons. The summed E-state index contributed by atoms with van der Waals surface area (Å²) in [5.41, 5.74) is 0.0657. The number of ether oxygens (including phenoxy) is 1. The highest BCUT2D eigenvalue weighted by Gasteiger charge is 2.11. The van der Waals surface area contributed by atoms with Gasteiger partial charge < -0.3 is 15.2 Å². The molecule has 1 heterocycles. The summed E-state index contributed by atoms with van der Waals surface area (Å²) in [6.45, 7) is 0.288. The summed E-state index contributed by atoms with van der Waals surface area (Å²) in [7, 11) is 0. The minimum atomic E-state index is -1.05. The lowest BCUT2D eigenvalue weighted by atomic mass is 10.3. The Morgan fingerprint density at radius 3 is 2.76 bits per heavy atom. The van der Waals surface area contributed by atoms with Gasteiger partial charge in [-0.2, -0.15) is 0 Å².